The van der Waals surface area contributed by atoms with Crippen molar-refractivity contribution in [2.24, 2.45) is 5.92 Å². The second-order valence-corrected chi connectivity index (χ2v) is 7.62. The van der Waals surface area contributed by atoms with E-state index in [9.17, 15) is 4.79 Å². The minimum atomic E-state index is 0.163. The highest BCUT2D eigenvalue weighted by Crippen LogP contribution is 2.28. The molecule has 1 atom stereocenters. The van der Waals surface area contributed by atoms with E-state index in [1.54, 1.807) is 0 Å². The molecule has 0 aromatic heterocycles. The Labute approximate surface area is 163 Å². The Kier molecular flexibility index (Phi) is 7.61. The molecule has 1 unspecified atom stereocenters. The number of ether oxygens (including phenoxy) is 1. The lowest BCUT2D eigenvalue weighted by molar-refractivity contribution is 0.0196. The fraction of sp³-hybridized carbons (Fsp3) is 0.458. The SMILES string of the molecule is CC(Cc1ccccc1)NCCOC1CCC(C(=O)c2ccccc2)CC1. The van der Waals surface area contributed by atoms with Crippen LogP contribution in [-0.2, 0) is 11.2 Å². The fourth-order valence-electron chi connectivity index (χ4n) is 3.90. The number of hydrogen-bond acceptors (Lipinski definition) is 3. The van der Waals surface area contributed by atoms with E-state index in [2.05, 4.69) is 42.6 Å². The summed E-state index contributed by atoms with van der Waals surface area (Å²) in [4.78, 5) is 12.5. The molecule has 0 heterocycles. The molecule has 0 saturated heterocycles. The average Bonchev–Trinajstić information content (AvgIpc) is 2.72. The van der Waals surface area contributed by atoms with Gasteiger partial charge < -0.3 is 10.1 Å². The van der Waals surface area contributed by atoms with Crippen molar-refractivity contribution in [3.63, 3.8) is 0 Å². The quantitative estimate of drug-likeness (QED) is 0.518. The van der Waals surface area contributed by atoms with Crippen LogP contribution in [0.5, 0.6) is 0 Å². The molecule has 144 valence electrons. The Morgan fingerprint density at radius 3 is 2.30 bits per heavy atom. The third-order valence-electron chi connectivity index (χ3n) is 5.44. The van der Waals surface area contributed by atoms with Gasteiger partial charge in [0.2, 0.25) is 0 Å². The molecule has 0 bridgehead atoms. The largest absolute Gasteiger partial charge is 0.377 e. The molecule has 0 amide bonds. The van der Waals surface area contributed by atoms with E-state index in [0.29, 0.717) is 17.9 Å². The van der Waals surface area contributed by atoms with Crippen LogP contribution in [0.2, 0.25) is 0 Å². The van der Waals surface area contributed by atoms with Gasteiger partial charge in [0.25, 0.3) is 0 Å². The van der Waals surface area contributed by atoms with E-state index in [1.807, 2.05) is 30.3 Å². The standard InChI is InChI=1S/C24H31NO2/c1-19(18-20-8-4-2-5-9-20)25-16-17-27-23-14-12-22(13-15-23)24(26)21-10-6-3-7-11-21/h2-11,19,22-23,25H,12-18H2,1H3. The maximum atomic E-state index is 12.5. The highest BCUT2D eigenvalue weighted by atomic mass is 16.5. The smallest absolute Gasteiger partial charge is 0.165 e. The second-order valence-electron chi connectivity index (χ2n) is 7.62. The number of carbonyl (C=O) groups is 1. The van der Waals surface area contributed by atoms with Crippen LogP contribution in [0.1, 0.15) is 48.5 Å². The number of carbonyl (C=O) groups excluding carboxylic acids is 1. The maximum absolute atomic E-state index is 12.5. The Hall–Kier alpha value is -1.97. The van der Waals surface area contributed by atoms with Crippen LogP contribution >= 0.6 is 0 Å². The lowest BCUT2D eigenvalue weighted by Crippen LogP contribution is -2.33. The maximum Gasteiger partial charge on any atom is 0.165 e. The molecule has 2 aromatic carbocycles. The zero-order valence-corrected chi connectivity index (χ0v) is 16.3. The van der Waals surface area contributed by atoms with Crippen molar-refractivity contribution in [1.82, 2.24) is 5.32 Å². The molecule has 3 heteroatoms. The van der Waals surface area contributed by atoms with Gasteiger partial charge in [-0.2, -0.15) is 0 Å². The van der Waals surface area contributed by atoms with Crippen molar-refractivity contribution < 1.29 is 9.53 Å². The molecular weight excluding hydrogens is 334 g/mol. The number of Topliss-reactive ketones (excluding diaryl/α,β-unsaturated/α-hetero) is 1. The summed E-state index contributed by atoms with van der Waals surface area (Å²) in [5, 5.41) is 3.54. The van der Waals surface area contributed by atoms with Gasteiger partial charge in [0, 0.05) is 24.1 Å². The summed E-state index contributed by atoms with van der Waals surface area (Å²) in [6, 6.07) is 20.7. The van der Waals surface area contributed by atoms with Crippen molar-refractivity contribution >= 4 is 5.78 Å². The summed E-state index contributed by atoms with van der Waals surface area (Å²) in [7, 11) is 0. The first kappa shape index (κ1) is 19.8. The van der Waals surface area contributed by atoms with Crippen LogP contribution in [0.25, 0.3) is 0 Å². The van der Waals surface area contributed by atoms with Crippen LogP contribution in [-0.4, -0.2) is 31.1 Å². The molecule has 0 spiro atoms. The van der Waals surface area contributed by atoms with Crippen molar-refractivity contribution in [2.45, 2.75) is 51.2 Å². The Bertz CT molecular complexity index is 678. The van der Waals surface area contributed by atoms with Crippen molar-refractivity contribution in [3.8, 4) is 0 Å². The monoisotopic (exact) mass is 365 g/mol. The summed E-state index contributed by atoms with van der Waals surface area (Å²) < 4.78 is 6.04. The van der Waals surface area contributed by atoms with E-state index in [0.717, 1.165) is 50.8 Å². The minimum Gasteiger partial charge on any atom is -0.377 e. The number of ketones is 1. The molecule has 1 N–H and O–H groups in total. The Morgan fingerprint density at radius 1 is 1.00 bits per heavy atom. The first-order valence-corrected chi connectivity index (χ1v) is 10.2. The molecule has 3 nitrogen and oxygen atoms in total. The summed E-state index contributed by atoms with van der Waals surface area (Å²) in [6.45, 7) is 3.82. The van der Waals surface area contributed by atoms with Gasteiger partial charge in [0.05, 0.1) is 12.7 Å². The van der Waals surface area contributed by atoms with Gasteiger partial charge in [-0.05, 0) is 44.6 Å². The van der Waals surface area contributed by atoms with Crippen LogP contribution in [0.15, 0.2) is 60.7 Å². The van der Waals surface area contributed by atoms with Crippen molar-refractivity contribution in [2.75, 3.05) is 13.2 Å². The molecule has 2 aromatic rings. The first-order chi connectivity index (χ1) is 13.2. The highest BCUT2D eigenvalue weighted by molar-refractivity contribution is 5.97. The zero-order valence-electron chi connectivity index (χ0n) is 16.3. The summed E-state index contributed by atoms with van der Waals surface area (Å²) in [5.74, 6) is 0.460. The second kappa shape index (κ2) is 10.4. The van der Waals surface area contributed by atoms with E-state index in [4.69, 9.17) is 4.74 Å². The predicted molar refractivity (Wildman–Crippen MR) is 110 cm³/mol. The summed E-state index contributed by atoms with van der Waals surface area (Å²) >= 11 is 0. The van der Waals surface area contributed by atoms with E-state index in [1.165, 1.54) is 5.56 Å². The van der Waals surface area contributed by atoms with E-state index in [-0.39, 0.29) is 5.92 Å². The van der Waals surface area contributed by atoms with Gasteiger partial charge in [-0.25, -0.2) is 0 Å². The van der Waals surface area contributed by atoms with E-state index < -0.39 is 0 Å². The molecule has 0 aliphatic heterocycles. The summed E-state index contributed by atoms with van der Waals surface area (Å²) in [5.41, 5.74) is 2.21. The molecule has 1 fully saturated rings. The highest BCUT2D eigenvalue weighted by Gasteiger charge is 2.27. The predicted octanol–water partition coefficient (Wildman–Crippen LogP) is 4.67. The lowest BCUT2D eigenvalue weighted by Gasteiger charge is -2.28. The van der Waals surface area contributed by atoms with Gasteiger partial charge in [-0.3, -0.25) is 4.79 Å². The lowest BCUT2D eigenvalue weighted by atomic mass is 9.82. The average molecular weight is 366 g/mol. The van der Waals surface area contributed by atoms with Crippen LogP contribution in [0.3, 0.4) is 0 Å². The zero-order chi connectivity index (χ0) is 18.9. The normalized spacial score (nSPS) is 20.9. The van der Waals surface area contributed by atoms with Crippen molar-refractivity contribution in [3.05, 3.63) is 71.8 Å². The van der Waals surface area contributed by atoms with Crippen LogP contribution in [0, 0.1) is 5.92 Å². The fourth-order valence-corrected chi connectivity index (χ4v) is 3.90. The molecule has 27 heavy (non-hydrogen) atoms. The van der Waals surface area contributed by atoms with Gasteiger partial charge in [0.15, 0.2) is 5.78 Å². The molecule has 0 radical (unpaired) electrons. The number of benzene rings is 2. The number of hydrogen-bond donors (Lipinski definition) is 1. The molecule has 1 aliphatic carbocycles. The van der Waals surface area contributed by atoms with Gasteiger partial charge in [-0.1, -0.05) is 60.7 Å². The molecule has 1 saturated carbocycles. The molecule has 1 aliphatic rings. The van der Waals surface area contributed by atoms with Gasteiger partial charge in [0.1, 0.15) is 0 Å². The summed E-state index contributed by atoms with van der Waals surface area (Å²) in [6.07, 6.45) is 5.20. The third-order valence-corrected chi connectivity index (χ3v) is 5.44. The van der Waals surface area contributed by atoms with Crippen LogP contribution in [0.4, 0.5) is 0 Å². The molecular formula is C24H31NO2. The topological polar surface area (TPSA) is 38.3 Å². The first-order valence-electron chi connectivity index (χ1n) is 10.2. The minimum absolute atomic E-state index is 0.163. The number of rotatable bonds is 9. The van der Waals surface area contributed by atoms with Crippen LogP contribution < -0.4 is 5.32 Å². The van der Waals surface area contributed by atoms with E-state index >= 15 is 0 Å². The Morgan fingerprint density at radius 2 is 1.63 bits per heavy atom. The third kappa shape index (κ3) is 6.30. The number of nitrogens with one attached hydrogen (secondary N) is 1. The van der Waals surface area contributed by atoms with Gasteiger partial charge in [-0.15, -0.1) is 0 Å². The Balaban J connectivity index is 1.30. The van der Waals surface area contributed by atoms with Crippen molar-refractivity contribution in [1.29, 1.82) is 0 Å². The van der Waals surface area contributed by atoms with Gasteiger partial charge >= 0.3 is 0 Å². The molecule has 3 rings (SSSR count).